The van der Waals surface area contributed by atoms with Gasteiger partial charge in [-0.2, -0.15) is 0 Å². The number of alkyl carbamates (subject to hydrolysis) is 1. The highest BCUT2D eigenvalue weighted by atomic mass is 16.5. The third-order valence-corrected chi connectivity index (χ3v) is 10.4. The molecule has 0 aliphatic carbocycles. The average Bonchev–Trinajstić information content (AvgIpc) is 4.08. The van der Waals surface area contributed by atoms with Crippen molar-refractivity contribution in [3.63, 3.8) is 0 Å². The van der Waals surface area contributed by atoms with Gasteiger partial charge < -0.3 is 35.3 Å². The highest BCUT2D eigenvalue weighted by Crippen LogP contribution is 2.35. The first-order valence-electron chi connectivity index (χ1n) is 19.1. The first kappa shape index (κ1) is 40.0. The molecule has 16 heteroatoms. The third kappa shape index (κ3) is 9.02. The van der Waals surface area contributed by atoms with Crippen molar-refractivity contribution in [2.75, 3.05) is 27.2 Å². The fourth-order valence-corrected chi connectivity index (χ4v) is 7.14. The van der Waals surface area contributed by atoms with Crippen LogP contribution in [0.4, 0.5) is 9.59 Å². The van der Waals surface area contributed by atoms with Crippen molar-refractivity contribution in [2.45, 2.75) is 43.9 Å². The van der Waals surface area contributed by atoms with E-state index in [0.29, 0.717) is 47.3 Å². The van der Waals surface area contributed by atoms with Gasteiger partial charge in [0.1, 0.15) is 23.7 Å². The fourth-order valence-electron chi connectivity index (χ4n) is 7.14. The number of likely N-dealkylation sites (N-methyl/N-ethyl adjacent to an activating group) is 1. The van der Waals surface area contributed by atoms with Crippen molar-refractivity contribution in [2.24, 2.45) is 0 Å². The minimum atomic E-state index is -1.19. The van der Waals surface area contributed by atoms with Crippen molar-refractivity contribution in [1.82, 2.24) is 50.3 Å². The Kier molecular flexibility index (Phi) is 12.2. The summed E-state index contributed by atoms with van der Waals surface area (Å²) < 4.78 is 4.72. The number of carboxylic acid groups (broad SMARTS) is 1. The van der Waals surface area contributed by atoms with E-state index in [1.165, 1.54) is 14.2 Å². The summed E-state index contributed by atoms with van der Waals surface area (Å²) in [6.45, 7) is 2.37. The molecule has 0 spiro atoms. The molecule has 7 rings (SSSR count). The average molecular weight is 797 g/mol. The number of aromatic amines is 2. The minimum Gasteiger partial charge on any atom is -0.465 e. The van der Waals surface area contributed by atoms with E-state index in [2.05, 4.69) is 40.5 Å². The fraction of sp³-hybridized carbons (Fsp3) is 0.256. The number of amides is 3. The number of methoxy groups -OCH3 is 1. The molecule has 0 bridgehead atoms. The summed E-state index contributed by atoms with van der Waals surface area (Å²) >= 11 is 0. The molecule has 0 unspecified atom stereocenters. The molecule has 1 fully saturated rings. The summed E-state index contributed by atoms with van der Waals surface area (Å²) in [6.07, 6.45) is 6.42. The van der Waals surface area contributed by atoms with Gasteiger partial charge in [-0.15, -0.1) is 0 Å². The molecule has 59 heavy (non-hydrogen) atoms. The van der Waals surface area contributed by atoms with Gasteiger partial charge in [-0.05, 0) is 36.5 Å². The van der Waals surface area contributed by atoms with Gasteiger partial charge in [-0.3, -0.25) is 14.5 Å². The summed E-state index contributed by atoms with van der Waals surface area (Å²) in [5, 5.41) is 15.6. The molecule has 1 aliphatic rings. The molecule has 4 heterocycles. The van der Waals surface area contributed by atoms with Crippen LogP contribution in [0.2, 0.25) is 0 Å². The molecule has 302 valence electrons. The van der Waals surface area contributed by atoms with Crippen LogP contribution in [0.5, 0.6) is 0 Å². The van der Waals surface area contributed by atoms with Crippen LogP contribution in [0.25, 0.3) is 33.9 Å². The second-order valence-electron chi connectivity index (χ2n) is 14.2. The molecule has 6 aromatic rings. The van der Waals surface area contributed by atoms with Gasteiger partial charge >= 0.3 is 12.2 Å². The molecular weight excluding hydrogens is 753 g/mol. The number of carbonyl (C=O) groups excluding carboxylic acids is 3. The lowest BCUT2D eigenvalue weighted by molar-refractivity contribution is -0.137. The summed E-state index contributed by atoms with van der Waals surface area (Å²) in [5.74, 6) is 1.26. The summed E-state index contributed by atoms with van der Waals surface area (Å²) in [5.41, 5.74) is 5.17. The highest BCUT2D eigenvalue weighted by Gasteiger charge is 2.39. The summed E-state index contributed by atoms with van der Waals surface area (Å²) in [6, 6.07) is 23.2. The van der Waals surface area contributed by atoms with Gasteiger partial charge in [-0.1, -0.05) is 84.9 Å². The Bertz CT molecular complexity index is 2390. The number of carbonyl (C=O) groups is 4. The number of ether oxygens (including phenoxy) is 1. The van der Waals surface area contributed by atoms with E-state index in [9.17, 15) is 24.3 Å². The molecule has 16 nitrogen and oxygen atoms in total. The lowest BCUT2D eigenvalue weighted by Crippen LogP contribution is -2.43. The van der Waals surface area contributed by atoms with Gasteiger partial charge in [0.15, 0.2) is 11.6 Å². The van der Waals surface area contributed by atoms with Crippen molar-refractivity contribution in [3.8, 4) is 33.9 Å². The number of hydrogen-bond acceptors (Lipinski definition) is 10. The quantitative estimate of drug-likeness (QED) is 0.0831. The van der Waals surface area contributed by atoms with Crippen molar-refractivity contribution in [1.29, 1.82) is 0 Å². The van der Waals surface area contributed by atoms with E-state index in [1.54, 1.807) is 78.2 Å². The molecule has 0 saturated carbocycles. The lowest BCUT2D eigenvalue weighted by Gasteiger charge is -2.32. The third-order valence-electron chi connectivity index (χ3n) is 10.4. The van der Waals surface area contributed by atoms with Crippen LogP contribution in [0.3, 0.4) is 0 Å². The number of rotatable bonds is 14. The lowest BCUT2D eigenvalue weighted by atomic mass is 10.0. The molecule has 0 radical (unpaired) electrons. The van der Waals surface area contributed by atoms with Gasteiger partial charge in [0, 0.05) is 37.1 Å². The normalized spacial score (nSPS) is 15.2. The Hall–Kier alpha value is -7.20. The molecule has 3 aromatic heterocycles. The SMILES string of the molecule is COC(=O)N[C@@H](C(=O)CN[C@@H](C)c1ncc(-c2ccc(-c3ncc(-c4cnc([C@@H]5CCCN5C(=O)[C@@H](c5ccccc5)N(C)C(=O)O)[nH]4)cn3)cc2)[nH]1)c1ccccc1. The Labute approximate surface area is 340 Å². The van der Waals surface area contributed by atoms with Crippen molar-refractivity contribution >= 4 is 23.9 Å². The van der Waals surface area contributed by atoms with Crippen LogP contribution < -0.4 is 10.6 Å². The number of likely N-dealkylation sites (tertiary alicyclic amines) is 1. The Morgan fingerprint density at radius 1 is 0.831 bits per heavy atom. The first-order chi connectivity index (χ1) is 28.6. The molecular formula is C43H44N10O6. The van der Waals surface area contributed by atoms with E-state index in [0.717, 1.165) is 33.7 Å². The Morgan fingerprint density at radius 3 is 2.12 bits per heavy atom. The predicted molar refractivity (Wildman–Crippen MR) is 217 cm³/mol. The number of H-pyrrole nitrogens is 2. The van der Waals surface area contributed by atoms with Crippen LogP contribution in [0.15, 0.2) is 110 Å². The number of benzene rings is 3. The van der Waals surface area contributed by atoms with Crippen molar-refractivity contribution in [3.05, 3.63) is 132 Å². The van der Waals surface area contributed by atoms with E-state index in [-0.39, 0.29) is 30.3 Å². The van der Waals surface area contributed by atoms with Crippen LogP contribution >= 0.6 is 0 Å². The summed E-state index contributed by atoms with van der Waals surface area (Å²) in [4.78, 5) is 78.8. The van der Waals surface area contributed by atoms with Crippen LogP contribution in [-0.4, -0.2) is 95.9 Å². The molecule has 1 saturated heterocycles. The van der Waals surface area contributed by atoms with Crippen LogP contribution in [0, 0.1) is 0 Å². The largest absolute Gasteiger partial charge is 0.465 e. The van der Waals surface area contributed by atoms with Gasteiger partial charge in [0.2, 0.25) is 0 Å². The molecule has 5 N–H and O–H groups in total. The van der Waals surface area contributed by atoms with Crippen LogP contribution in [-0.2, 0) is 14.3 Å². The van der Waals surface area contributed by atoms with E-state index >= 15 is 0 Å². The second kappa shape index (κ2) is 17.9. The van der Waals surface area contributed by atoms with Gasteiger partial charge in [0.05, 0.1) is 49.5 Å². The zero-order chi connectivity index (χ0) is 41.5. The predicted octanol–water partition coefficient (Wildman–Crippen LogP) is 6.26. The summed E-state index contributed by atoms with van der Waals surface area (Å²) in [7, 11) is 2.66. The van der Waals surface area contributed by atoms with Gasteiger partial charge in [0.25, 0.3) is 5.91 Å². The number of nitrogens with one attached hydrogen (secondary N) is 4. The van der Waals surface area contributed by atoms with Crippen molar-refractivity contribution < 1.29 is 29.0 Å². The Balaban J connectivity index is 0.973. The first-order valence-corrected chi connectivity index (χ1v) is 19.1. The van der Waals surface area contributed by atoms with E-state index in [4.69, 9.17) is 4.74 Å². The molecule has 4 atom stereocenters. The number of aromatic nitrogens is 6. The Morgan fingerprint density at radius 2 is 1.46 bits per heavy atom. The number of imidazole rings is 2. The monoisotopic (exact) mass is 796 g/mol. The smallest absolute Gasteiger partial charge is 0.407 e. The number of ketones is 1. The zero-order valence-electron chi connectivity index (χ0n) is 32.7. The van der Waals surface area contributed by atoms with Crippen LogP contribution in [0.1, 0.15) is 66.7 Å². The molecule has 3 amide bonds. The maximum atomic E-state index is 13.9. The number of nitrogens with zero attached hydrogens (tertiary/aromatic N) is 6. The number of hydrogen-bond donors (Lipinski definition) is 5. The molecule has 3 aromatic carbocycles. The zero-order valence-corrected chi connectivity index (χ0v) is 32.7. The maximum Gasteiger partial charge on any atom is 0.407 e. The van der Waals surface area contributed by atoms with Gasteiger partial charge in [-0.25, -0.2) is 29.5 Å². The number of Topliss-reactive ketones (excluding diaryl/α,β-unsaturated/α-hetero) is 1. The van der Waals surface area contributed by atoms with E-state index < -0.39 is 24.3 Å². The van der Waals surface area contributed by atoms with E-state index in [1.807, 2.05) is 43.3 Å². The second-order valence-corrected chi connectivity index (χ2v) is 14.2. The topological polar surface area (TPSA) is 211 Å². The highest BCUT2D eigenvalue weighted by molar-refractivity contribution is 5.90. The minimum absolute atomic E-state index is 0.0142. The maximum absolute atomic E-state index is 13.9. The standard InChI is InChI=1S/C43H44N10O6/c1-26(44-25-35(54)36(51-42(56)59-3)28-11-6-4-7-12-28)38-47-23-32(49-38)27-16-18-30(19-17-27)39-45-21-31(22-46-39)33-24-48-40(50-33)34-15-10-20-53(34)41(55)37(52(2)43(57)58)29-13-8-5-9-14-29/h4-9,11-14,16-19,21-24,26,34,36-37,44H,10,15,20,25H2,1-3H3,(H,47,49)(H,48,50)(H,51,56)(H,57,58)/t26-,34-,36+,37+/m0/s1. The molecule has 1 aliphatic heterocycles.